The summed E-state index contributed by atoms with van der Waals surface area (Å²) in [6, 6.07) is 7.20. The van der Waals surface area contributed by atoms with Gasteiger partial charge in [0.1, 0.15) is 6.61 Å². The van der Waals surface area contributed by atoms with Crippen molar-refractivity contribution < 1.29 is 14.3 Å². The van der Waals surface area contributed by atoms with Crippen LogP contribution in [0.2, 0.25) is 0 Å². The first-order chi connectivity index (χ1) is 11.1. The first-order valence-corrected chi connectivity index (χ1v) is 8.20. The molecule has 2 amide bonds. The zero-order valence-corrected chi connectivity index (χ0v) is 13.2. The maximum Gasteiger partial charge on any atom is 0.253 e. The van der Waals surface area contributed by atoms with E-state index in [9.17, 15) is 9.59 Å². The predicted molar refractivity (Wildman–Crippen MR) is 87.3 cm³/mol. The topological polar surface area (TPSA) is 84.7 Å². The van der Waals surface area contributed by atoms with Gasteiger partial charge in [-0.05, 0) is 37.1 Å². The van der Waals surface area contributed by atoms with Crippen molar-refractivity contribution >= 4 is 17.5 Å². The number of morpholine rings is 1. The molecule has 2 fully saturated rings. The maximum absolute atomic E-state index is 12.3. The Balaban J connectivity index is 1.64. The number of nitrogens with two attached hydrogens (primary N) is 1. The molecule has 2 atom stereocenters. The highest BCUT2D eigenvalue weighted by Gasteiger charge is 2.24. The van der Waals surface area contributed by atoms with Gasteiger partial charge >= 0.3 is 0 Å². The van der Waals surface area contributed by atoms with Crippen molar-refractivity contribution in [1.29, 1.82) is 0 Å². The molecular weight excluding hydrogens is 294 g/mol. The molecule has 124 valence electrons. The van der Waals surface area contributed by atoms with Crippen molar-refractivity contribution in [2.45, 2.75) is 37.8 Å². The molecule has 1 saturated carbocycles. The molecule has 2 unspecified atom stereocenters. The number of ether oxygens (including phenoxy) is 1. The highest BCUT2D eigenvalue weighted by Crippen LogP contribution is 2.19. The van der Waals surface area contributed by atoms with E-state index < -0.39 is 0 Å². The lowest BCUT2D eigenvalue weighted by atomic mass is 9.91. The van der Waals surface area contributed by atoms with Crippen LogP contribution in [-0.2, 0) is 9.53 Å². The lowest BCUT2D eigenvalue weighted by molar-refractivity contribution is -0.125. The van der Waals surface area contributed by atoms with E-state index in [-0.39, 0.29) is 30.5 Å². The molecule has 0 aromatic heterocycles. The minimum absolute atomic E-state index is 0.0398. The quantitative estimate of drug-likeness (QED) is 0.873. The Morgan fingerprint density at radius 2 is 1.96 bits per heavy atom. The van der Waals surface area contributed by atoms with E-state index in [4.69, 9.17) is 10.5 Å². The second-order valence-electron chi connectivity index (χ2n) is 6.17. The molecule has 1 aromatic carbocycles. The van der Waals surface area contributed by atoms with Crippen molar-refractivity contribution in [3.63, 3.8) is 0 Å². The smallest absolute Gasteiger partial charge is 0.253 e. The molecule has 0 bridgehead atoms. The number of amides is 2. The Bertz CT molecular complexity index is 573. The van der Waals surface area contributed by atoms with Crippen LogP contribution >= 0.6 is 0 Å². The molecule has 3 rings (SSSR count). The molecule has 6 heteroatoms. The third kappa shape index (κ3) is 3.71. The van der Waals surface area contributed by atoms with E-state index in [1.54, 1.807) is 29.2 Å². The van der Waals surface area contributed by atoms with Crippen molar-refractivity contribution in [1.82, 2.24) is 5.32 Å². The molecule has 0 spiro atoms. The monoisotopic (exact) mass is 317 g/mol. The van der Waals surface area contributed by atoms with Crippen molar-refractivity contribution in [3.8, 4) is 0 Å². The molecule has 2 aliphatic rings. The average Bonchev–Trinajstić information content (AvgIpc) is 2.57. The van der Waals surface area contributed by atoms with Gasteiger partial charge in [-0.25, -0.2) is 0 Å². The van der Waals surface area contributed by atoms with Crippen LogP contribution in [0, 0.1) is 0 Å². The molecular formula is C17H23N3O3. The normalized spacial score (nSPS) is 25.3. The molecule has 6 nitrogen and oxygen atoms in total. The fraction of sp³-hybridized carbons (Fsp3) is 0.529. The summed E-state index contributed by atoms with van der Waals surface area (Å²) in [7, 11) is 0. The van der Waals surface area contributed by atoms with Crippen LogP contribution < -0.4 is 16.0 Å². The minimum Gasteiger partial charge on any atom is -0.370 e. The van der Waals surface area contributed by atoms with Gasteiger partial charge in [0.05, 0.1) is 6.61 Å². The summed E-state index contributed by atoms with van der Waals surface area (Å²) < 4.78 is 5.12. The third-order valence-corrected chi connectivity index (χ3v) is 4.56. The van der Waals surface area contributed by atoms with Crippen LogP contribution in [0.25, 0.3) is 0 Å². The lowest BCUT2D eigenvalue weighted by Gasteiger charge is -2.29. The standard InChI is InChI=1S/C17H23N3O3/c18-14-3-1-2-4-15(14)19-17(22)12-5-7-13(8-6-12)20-9-10-23-11-16(20)21/h5-8,14-15H,1-4,9-11,18H2,(H,19,22). The summed E-state index contributed by atoms with van der Waals surface area (Å²) in [6.07, 6.45) is 4.14. The van der Waals surface area contributed by atoms with Gasteiger partial charge < -0.3 is 20.7 Å². The van der Waals surface area contributed by atoms with Crippen LogP contribution in [0.1, 0.15) is 36.0 Å². The molecule has 1 saturated heterocycles. The van der Waals surface area contributed by atoms with Crippen LogP contribution in [-0.4, -0.2) is 43.7 Å². The van der Waals surface area contributed by atoms with Gasteiger partial charge in [0.2, 0.25) is 0 Å². The first-order valence-electron chi connectivity index (χ1n) is 8.20. The van der Waals surface area contributed by atoms with Crippen LogP contribution in [0.15, 0.2) is 24.3 Å². The maximum atomic E-state index is 12.3. The van der Waals surface area contributed by atoms with Gasteiger partial charge in [-0.1, -0.05) is 12.8 Å². The van der Waals surface area contributed by atoms with Crippen LogP contribution in [0.4, 0.5) is 5.69 Å². The van der Waals surface area contributed by atoms with Gasteiger partial charge in [0.15, 0.2) is 0 Å². The molecule has 1 aromatic rings. The fourth-order valence-corrected chi connectivity index (χ4v) is 3.17. The zero-order valence-electron chi connectivity index (χ0n) is 13.2. The highest BCUT2D eigenvalue weighted by atomic mass is 16.5. The van der Waals surface area contributed by atoms with Crippen molar-refractivity contribution in [2.75, 3.05) is 24.7 Å². The van der Waals surface area contributed by atoms with E-state index in [0.29, 0.717) is 18.7 Å². The molecule has 1 aliphatic carbocycles. The van der Waals surface area contributed by atoms with Crippen LogP contribution in [0.3, 0.4) is 0 Å². The third-order valence-electron chi connectivity index (χ3n) is 4.56. The predicted octanol–water partition coefficient (Wildman–Crippen LogP) is 1.05. The van der Waals surface area contributed by atoms with E-state index in [0.717, 1.165) is 31.4 Å². The molecule has 1 heterocycles. The summed E-state index contributed by atoms with van der Waals surface area (Å²) in [4.78, 5) is 25.8. The number of carbonyl (C=O) groups excluding carboxylic acids is 2. The van der Waals surface area contributed by atoms with Crippen LogP contribution in [0.5, 0.6) is 0 Å². The molecule has 1 aliphatic heterocycles. The average molecular weight is 317 g/mol. The van der Waals surface area contributed by atoms with Crippen molar-refractivity contribution in [3.05, 3.63) is 29.8 Å². The van der Waals surface area contributed by atoms with E-state index in [1.165, 1.54) is 0 Å². The number of benzene rings is 1. The Morgan fingerprint density at radius 3 is 2.65 bits per heavy atom. The second-order valence-corrected chi connectivity index (χ2v) is 6.17. The number of hydrogen-bond acceptors (Lipinski definition) is 4. The summed E-state index contributed by atoms with van der Waals surface area (Å²) in [5.74, 6) is -0.158. The number of rotatable bonds is 3. The Kier molecular flexibility index (Phi) is 4.93. The first kappa shape index (κ1) is 16.0. The van der Waals surface area contributed by atoms with Crippen molar-refractivity contribution in [2.24, 2.45) is 5.73 Å². The largest absolute Gasteiger partial charge is 0.370 e. The molecule has 3 N–H and O–H groups in total. The zero-order chi connectivity index (χ0) is 16.2. The Morgan fingerprint density at radius 1 is 1.22 bits per heavy atom. The molecule has 0 radical (unpaired) electrons. The number of nitrogens with zero attached hydrogens (tertiary/aromatic N) is 1. The number of anilines is 1. The Labute approximate surface area is 136 Å². The summed E-state index contributed by atoms with van der Waals surface area (Å²) in [6.45, 7) is 1.19. The minimum atomic E-state index is -0.104. The van der Waals surface area contributed by atoms with E-state index >= 15 is 0 Å². The lowest BCUT2D eigenvalue weighted by Crippen LogP contribution is -2.49. The summed E-state index contributed by atoms with van der Waals surface area (Å²) in [5.41, 5.74) is 7.46. The van der Waals surface area contributed by atoms with E-state index in [2.05, 4.69) is 5.32 Å². The number of nitrogens with one attached hydrogen (secondary N) is 1. The molecule has 23 heavy (non-hydrogen) atoms. The van der Waals surface area contributed by atoms with Gasteiger partial charge in [0.25, 0.3) is 11.8 Å². The van der Waals surface area contributed by atoms with Gasteiger partial charge in [-0.3, -0.25) is 9.59 Å². The van der Waals surface area contributed by atoms with Gasteiger partial charge in [-0.2, -0.15) is 0 Å². The number of hydrogen-bond donors (Lipinski definition) is 2. The summed E-state index contributed by atoms with van der Waals surface area (Å²) in [5, 5.41) is 3.03. The number of carbonyl (C=O) groups is 2. The summed E-state index contributed by atoms with van der Waals surface area (Å²) >= 11 is 0. The second kappa shape index (κ2) is 7.10. The SMILES string of the molecule is NC1CCCCC1NC(=O)c1ccc(N2CCOCC2=O)cc1. The van der Waals surface area contributed by atoms with E-state index in [1.807, 2.05) is 0 Å². The fourth-order valence-electron chi connectivity index (χ4n) is 3.17. The van der Waals surface area contributed by atoms with Gasteiger partial charge in [0, 0.05) is 29.9 Å². The Hall–Kier alpha value is -1.92. The van der Waals surface area contributed by atoms with Gasteiger partial charge in [-0.15, -0.1) is 0 Å². The highest BCUT2D eigenvalue weighted by molar-refractivity contribution is 5.97.